The first-order chi connectivity index (χ1) is 16.9. The fourth-order valence-electron chi connectivity index (χ4n) is 4.71. The van der Waals surface area contributed by atoms with Crippen molar-refractivity contribution in [2.75, 3.05) is 0 Å². The molecule has 0 spiro atoms. The van der Waals surface area contributed by atoms with Crippen molar-refractivity contribution >= 4 is 29.0 Å². The average molecular weight is 513 g/mol. The zero-order valence-corrected chi connectivity index (χ0v) is 24.3. The summed E-state index contributed by atoms with van der Waals surface area (Å²) in [7, 11) is 0. The highest BCUT2D eigenvalue weighted by molar-refractivity contribution is 6.58. The molecule has 0 radical (unpaired) electrons. The van der Waals surface area contributed by atoms with Gasteiger partial charge in [-0.1, -0.05) is 148 Å². The molecule has 0 aliphatic carbocycles. The van der Waals surface area contributed by atoms with Crippen molar-refractivity contribution < 1.29 is 14.4 Å². The van der Waals surface area contributed by atoms with Crippen LogP contribution in [0, 0.1) is 0 Å². The molecule has 0 saturated carbocycles. The molecule has 0 amide bonds. The van der Waals surface area contributed by atoms with Crippen molar-refractivity contribution in [1.82, 2.24) is 0 Å². The maximum absolute atomic E-state index is 13.1. The van der Waals surface area contributed by atoms with Crippen molar-refractivity contribution in [2.24, 2.45) is 0 Å². The lowest BCUT2D eigenvalue weighted by Crippen LogP contribution is -2.48. The van der Waals surface area contributed by atoms with Crippen LogP contribution in [-0.4, -0.2) is 22.2 Å². The summed E-state index contributed by atoms with van der Waals surface area (Å²) in [6.45, 7) is 6.60. The first kappa shape index (κ1) is 34.3. The third kappa shape index (κ3) is 16.6. The standard InChI is InChI=1S/C31H57ClO3/c1-4-7-10-13-16-19-22-25-28(33)31(32,29(34)26-23-20-17-14-11-8-5-2)30(35)27-24-21-18-15-12-9-6-3/h4-27H2,1-3H3. The van der Waals surface area contributed by atoms with E-state index in [0.29, 0.717) is 0 Å². The summed E-state index contributed by atoms with van der Waals surface area (Å²) in [6, 6.07) is 0. The summed E-state index contributed by atoms with van der Waals surface area (Å²) < 4.78 is 0. The molecule has 0 atom stereocenters. The maximum Gasteiger partial charge on any atom is 0.218 e. The minimum atomic E-state index is -1.94. The minimum absolute atomic E-state index is 0.239. The monoisotopic (exact) mass is 512 g/mol. The first-order valence-electron chi connectivity index (χ1n) is 15.2. The number of Topliss-reactive ketones (excluding diaryl/α,β-unsaturated/α-hetero) is 3. The third-order valence-electron chi connectivity index (χ3n) is 7.17. The van der Waals surface area contributed by atoms with E-state index in [-0.39, 0.29) is 36.6 Å². The smallest absolute Gasteiger partial charge is 0.218 e. The third-order valence-corrected chi connectivity index (χ3v) is 7.81. The van der Waals surface area contributed by atoms with Gasteiger partial charge in [-0.25, -0.2) is 0 Å². The normalized spacial score (nSPS) is 11.7. The molecule has 4 heteroatoms. The van der Waals surface area contributed by atoms with Gasteiger partial charge in [0, 0.05) is 19.3 Å². The van der Waals surface area contributed by atoms with Crippen molar-refractivity contribution in [3.63, 3.8) is 0 Å². The molecule has 0 unspecified atom stereocenters. The first-order valence-corrected chi connectivity index (χ1v) is 15.6. The molecular formula is C31H57ClO3. The van der Waals surface area contributed by atoms with Gasteiger partial charge in [0.2, 0.25) is 4.87 Å². The molecule has 0 bridgehead atoms. The van der Waals surface area contributed by atoms with Crippen LogP contribution in [0.25, 0.3) is 0 Å². The Labute approximate surface area is 222 Å². The lowest BCUT2D eigenvalue weighted by Gasteiger charge is -2.23. The van der Waals surface area contributed by atoms with E-state index in [1.807, 2.05) is 0 Å². The van der Waals surface area contributed by atoms with E-state index in [9.17, 15) is 14.4 Å². The average Bonchev–Trinajstić information content (AvgIpc) is 2.86. The molecule has 0 N–H and O–H groups in total. The minimum Gasteiger partial charge on any atom is -0.297 e. The molecule has 0 aromatic heterocycles. The number of carbonyl (C=O) groups excluding carboxylic acids is 3. The highest BCUT2D eigenvalue weighted by atomic mass is 35.5. The van der Waals surface area contributed by atoms with Crippen molar-refractivity contribution in [1.29, 1.82) is 0 Å². The highest BCUT2D eigenvalue weighted by Crippen LogP contribution is 2.28. The van der Waals surface area contributed by atoms with E-state index in [1.165, 1.54) is 77.0 Å². The van der Waals surface area contributed by atoms with E-state index in [0.717, 1.165) is 57.8 Å². The molecule has 206 valence electrons. The van der Waals surface area contributed by atoms with Gasteiger partial charge in [-0.15, -0.1) is 0 Å². The molecule has 0 fully saturated rings. The van der Waals surface area contributed by atoms with E-state index < -0.39 is 4.87 Å². The van der Waals surface area contributed by atoms with Gasteiger partial charge in [-0.2, -0.15) is 0 Å². The Morgan fingerprint density at radius 2 is 0.600 bits per heavy atom. The molecule has 0 heterocycles. The quantitative estimate of drug-likeness (QED) is 0.0624. The summed E-state index contributed by atoms with van der Waals surface area (Å²) in [4.78, 5) is 37.4. The molecule has 0 aliphatic rings. The van der Waals surface area contributed by atoms with E-state index in [1.54, 1.807) is 0 Å². The molecule has 35 heavy (non-hydrogen) atoms. The zero-order valence-electron chi connectivity index (χ0n) is 23.6. The molecule has 0 rings (SSSR count). The van der Waals surface area contributed by atoms with Crippen LogP contribution >= 0.6 is 11.6 Å². The number of alkyl halides is 1. The van der Waals surface area contributed by atoms with Gasteiger partial charge in [0.05, 0.1) is 0 Å². The Bertz CT molecular complexity index is 469. The van der Waals surface area contributed by atoms with Crippen LogP contribution in [-0.2, 0) is 14.4 Å². The summed E-state index contributed by atoms with van der Waals surface area (Å²) in [5.41, 5.74) is 0. The lowest BCUT2D eigenvalue weighted by molar-refractivity contribution is -0.138. The molecule has 3 nitrogen and oxygen atoms in total. The summed E-state index contributed by atoms with van der Waals surface area (Å²) in [5, 5.41) is 0. The Hall–Kier alpha value is -0.700. The van der Waals surface area contributed by atoms with Gasteiger partial charge in [0.15, 0.2) is 17.3 Å². The maximum atomic E-state index is 13.1. The predicted octanol–water partition coefficient (Wildman–Crippen LogP) is 10.1. The fourth-order valence-corrected chi connectivity index (χ4v) is 4.99. The lowest BCUT2D eigenvalue weighted by atomic mass is 9.85. The van der Waals surface area contributed by atoms with Crippen molar-refractivity contribution in [2.45, 2.75) is 180 Å². The highest BCUT2D eigenvalue weighted by Gasteiger charge is 2.48. The predicted molar refractivity (Wildman–Crippen MR) is 151 cm³/mol. The van der Waals surface area contributed by atoms with Crippen LogP contribution in [0.1, 0.15) is 175 Å². The molecule has 0 aliphatic heterocycles. The van der Waals surface area contributed by atoms with Gasteiger partial charge in [0.25, 0.3) is 0 Å². The van der Waals surface area contributed by atoms with Crippen molar-refractivity contribution in [3.8, 4) is 0 Å². The van der Waals surface area contributed by atoms with E-state index >= 15 is 0 Å². The van der Waals surface area contributed by atoms with Gasteiger partial charge >= 0.3 is 0 Å². The number of hydrogen-bond donors (Lipinski definition) is 0. The second-order valence-electron chi connectivity index (χ2n) is 10.5. The Balaban J connectivity index is 4.72. The van der Waals surface area contributed by atoms with E-state index in [4.69, 9.17) is 11.6 Å². The topological polar surface area (TPSA) is 51.2 Å². The fraction of sp³-hybridized carbons (Fsp3) is 0.903. The van der Waals surface area contributed by atoms with Crippen molar-refractivity contribution in [3.05, 3.63) is 0 Å². The molecule has 0 aromatic rings. The summed E-state index contributed by atoms with van der Waals surface area (Å²) in [5.74, 6) is -1.06. The van der Waals surface area contributed by atoms with Crippen LogP contribution in [0.5, 0.6) is 0 Å². The van der Waals surface area contributed by atoms with E-state index in [2.05, 4.69) is 20.8 Å². The van der Waals surface area contributed by atoms with Crippen LogP contribution in [0.4, 0.5) is 0 Å². The van der Waals surface area contributed by atoms with Gasteiger partial charge in [0.1, 0.15) is 0 Å². The molecule has 0 saturated heterocycles. The zero-order chi connectivity index (χ0) is 26.2. The Morgan fingerprint density at radius 3 is 0.829 bits per heavy atom. The Morgan fingerprint density at radius 1 is 0.400 bits per heavy atom. The van der Waals surface area contributed by atoms with Crippen LogP contribution in [0.3, 0.4) is 0 Å². The number of carbonyl (C=O) groups is 3. The summed E-state index contributed by atoms with van der Waals surface area (Å²) >= 11 is 6.69. The molecule has 0 aromatic carbocycles. The number of unbranched alkanes of at least 4 members (excludes halogenated alkanes) is 18. The Kier molecular flexibility index (Phi) is 23.2. The van der Waals surface area contributed by atoms with Gasteiger partial charge < -0.3 is 0 Å². The SMILES string of the molecule is CCCCCCCCCC(=O)C(Cl)(C(=O)CCCCCCCCC)C(=O)CCCCCCCCC. The second-order valence-corrected chi connectivity index (χ2v) is 11.1. The van der Waals surface area contributed by atoms with Crippen LogP contribution in [0.2, 0.25) is 0 Å². The second kappa shape index (κ2) is 23.7. The number of rotatable bonds is 27. The number of halogens is 1. The largest absolute Gasteiger partial charge is 0.297 e. The van der Waals surface area contributed by atoms with Crippen LogP contribution < -0.4 is 0 Å². The van der Waals surface area contributed by atoms with Gasteiger partial charge in [-0.05, 0) is 19.3 Å². The summed E-state index contributed by atoms with van der Waals surface area (Å²) in [6.07, 6.45) is 23.7. The number of ketones is 3. The van der Waals surface area contributed by atoms with Crippen LogP contribution in [0.15, 0.2) is 0 Å². The van der Waals surface area contributed by atoms with Gasteiger partial charge in [-0.3, -0.25) is 14.4 Å². The molecular weight excluding hydrogens is 456 g/mol. The number of hydrogen-bond acceptors (Lipinski definition) is 3.